The molecule has 98 valence electrons. The molecule has 2 atom stereocenters. The molecule has 1 aromatic carbocycles. The molecule has 3 nitrogen and oxygen atoms in total. The minimum Gasteiger partial charge on any atom is -0.494 e. The van der Waals surface area contributed by atoms with Gasteiger partial charge in [0.25, 0.3) is 0 Å². The number of methoxy groups -OCH3 is 1. The number of benzene rings is 1. The number of hydrogen-bond acceptors (Lipinski definition) is 3. The lowest BCUT2D eigenvalue weighted by Crippen LogP contribution is -2.33. The van der Waals surface area contributed by atoms with Crippen molar-refractivity contribution in [3.05, 3.63) is 29.6 Å². The Hall–Kier alpha value is -1.13. The maximum Gasteiger partial charge on any atom is 0.165 e. The highest BCUT2D eigenvalue weighted by Gasteiger charge is 2.41. The monoisotopic (exact) mass is 250 g/mol. The molecule has 2 N–H and O–H groups in total. The third-order valence-electron chi connectivity index (χ3n) is 4.02. The molecule has 2 fully saturated rings. The number of halogens is 1. The van der Waals surface area contributed by atoms with Crippen LogP contribution in [0.5, 0.6) is 5.75 Å². The van der Waals surface area contributed by atoms with E-state index < -0.39 is 0 Å². The second kappa shape index (κ2) is 4.52. The van der Waals surface area contributed by atoms with E-state index in [9.17, 15) is 4.39 Å². The Morgan fingerprint density at radius 3 is 2.72 bits per heavy atom. The van der Waals surface area contributed by atoms with Crippen molar-refractivity contribution >= 4 is 0 Å². The van der Waals surface area contributed by atoms with Gasteiger partial charge in [0, 0.05) is 18.6 Å². The summed E-state index contributed by atoms with van der Waals surface area (Å²) in [5.74, 6) is -0.00635. The van der Waals surface area contributed by atoms with E-state index >= 15 is 0 Å². The Morgan fingerprint density at radius 1 is 1.33 bits per heavy atom. The highest BCUT2D eigenvalue weighted by molar-refractivity contribution is 5.32. The zero-order valence-corrected chi connectivity index (χ0v) is 10.6. The number of rotatable bonds is 3. The zero-order valence-electron chi connectivity index (χ0n) is 10.6. The molecule has 1 saturated carbocycles. The van der Waals surface area contributed by atoms with Crippen molar-refractivity contribution < 1.29 is 9.13 Å². The third kappa shape index (κ3) is 1.99. The topological polar surface area (TPSA) is 38.5 Å². The van der Waals surface area contributed by atoms with E-state index in [2.05, 4.69) is 4.90 Å². The summed E-state index contributed by atoms with van der Waals surface area (Å²) >= 11 is 0. The van der Waals surface area contributed by atoms with Crippen molar-refractivity contribution in [2.24, 2.45) is 5.73 Å². The Morgan fingerprint density at radius 2 is 2.11 bits per heavy atom. The first-order valence-corrected chi connectivity index (χ1v) is 6.55. The molecule has 2 aliphatic rings. The lowest BCUT2D eigenvalue weighted by Gasteiger charge is -2.27. The summed E-state index contributed by atoms with van der Waals surface area (Å²) in [5, 5.41) is 0. The van der Waals surface area contributed by atoms with Crippen LogP contribution in [0.15, 0.2) is 18.2 Å². The van der Waals surface area contributed by atoms with Crippen molar-refractivity contribution in [3.8, 4) is 5.75 Å². The van der Waals surface area contributed by atoms with Crippen molar-refractivity contribution in [1.29, 1.82) is 0 Å². The van der Waals surface area contributed by atoms with E-state index in [0.29, 0.717) is 11.8 Å². The fraction of sp³-hybridized carbons (Fsp3) is 0.571. The van der Waals surface area contributed by atoms with Gasteiger partial charge in [0.2, 0.25) is 0 Å². The fourth-order valence-corrected chi connectivity index (χ4v) is 2.96. The van der Waals surface area contributed by atoms with Crippen molar-refractivity contribution in [1.82, 2.24) is 4.90 Å². The molecule has 1 aromatic rings. The van der Waals surface area contributed by atoms with Crippen molar-refractivity contribution in [2.45, 2.75) is 37.4 Å². The number of nitrogens with two attached hydrogens (primary N) is 1. The van der Waals surface area contributed by atoms with Gasteiger partial charge in [0.05, 0.1) is 13.2 Å². The molecule has 4 heteroatoms. The van der Waals surface area contributed by atoms with Crippen LogP contribution in [-0.4, -0.2) is 30.6 Å². The standard InChI is InChI=1S/C14H19FN2O/c1-18-13-5-2-9(8-11(13)15)14-12(16)6-7-17(14)10-3-4-10/h2,5,8,10,12,14H,3-4,6-7,16H2,1H3. The second-order valence-corrected chi connectivity index (χ2v) is 5.26. The van der Waals surface area contributed by atoms with Crippen molar-refractivity contribution in [2.75, 3.05) is 13.7 Å². The zero-order chi connectivity index (χ0) is 12.7. The summed E-state index contributed by atoms with van der Waals surface area (Å²) < 4.78 is 18.7. The van der Waals surface area contributed by atoms with Crippen LogP contribution in [0.1, 0.15) is 30.9 Å². The van der Waals surface area contributed by atoms with E-state index in [-0.39, 0.29) is 17.9 Å². The van der Waals surface area contributed by atoms with Crippen LogP contribution in [-0.2, 0) is 0 Å². The van der Waals surface area contributed by atoms with Crippen LogP contribution >= 0.6 is 0 Å². The van der Waals surface area contributed by atoms with Gasteiger partial charge in [-0.1, -0.05) is 6.07 Å². The number of nitrogens with zero attached hydrogens (tertiary/aromatic N) is 1. The van der Waals surface area contributed by atoms with Crippen LogP contribution in [0.3, 0.4) is 0 Å². The quantitative estimate of drug-likeness (QED) is 0.892. The minimum absolute atomic E-state index is 0.110. The number of hydrogen-bond donors (Lipinski definition) is 1. The predicted molar refractivity (Wildman–Crippen MR) is 68.0 cm³/mol. The maximum absolute atomic E-state index is 13.8. The SMILES string of the molecule is COc1ccc(C2C(N)CCN2C2CC2)cc1F. The molecule has 1 aliphatic heterocycles. The number of ether oxygens (including phenoxy) is 1. The minimum atomic E-state index is -0.301. The number of likely N-dealkylation sites (tertiary alicyclic amines) is 1. The fourth-order valence-electron chi connectivity index (χ4n) is 2.96. The molecule has 0 bridgehead atoms. The molecular weight excluding hydrogens is 231 g/mol. The Bertz CT molecular complexity index is 447. The molecule has 1 saturated heterocycles. The molecule has 18 heavy (non-hydrogen) atoms. The van der Waals surface area contributed by atoms with Gasteiger partial charge in [-0.25, -0.2) is 4.39 Å². The van der Waals surface area contributed by atoms with E-state index in [0.717, 1.165) is 18.5 Å². The molecule has 0 radical (unpaired) electrons. The molecule has 0 spiro atoms. The largest absolute Gasteiger partial charge is 0.494 e. The molecular formula is C14H19FN2O. The van der Waals surface area contributed by atoms with Crippen LogP contribution in [0.25, 0.3) is 0 Å². The second-order valence-electron chi connectivity index (χ2n) is 5.26. The summed E-state index contributed by atoms with van der Waals surface area (Å²) in [6.45, 7) is 1.03. The Balaban J connectivity index is 1.89. The first kappa shape index (κ1) is 11.9. The molecule has 3 rings (SSSR count). The van der Waals surface area contributed by atoms with Gasteiger partial charge in [-0.3, -0.25) is 4.90 Å². The van der Waals surface area contributed by atoms with Crippen LogP contribution in [0, 0.1) is 5.82 Å². The van der Waals surface area contributed by atoms with Crippen LogP contribution < -0.4 is 10.5 Å². The van der Waals surface area contributed by atoms with E-state index in [4.69, 9.17) is 10.5 Å². The summed E-state index contributed by atoms with van der Waals surface area (Å²) in [5.41, 5.74) is 7.17. The summed E-state index contributed by atoms with van der Waals surface area (Å²) in [6.07, 6.45) is 3.50. The van der Waals surface area contributed by atoms with Crippen molar-refractivity contribution in [3.63, 3.8) is 0 Å². The Labute approximate surface area is 107 Å². The first-order chi connectivity index (χ1) is 8.70. The lowest BCUT2D eigenvalue weighted by molar-refractivity contribution is 0.236. The van der Waals surface area contributed by atoms with E-state index in [1.807, 2.05) is 6.07 Å². The lowest BCUT2D eigenvalue weighted by atomic mass is 10.0. The van der Waals surface area contributed by atoms with E-state index in [1.54, 1.807) is 12.1 Å². The normalized spacial score (nSPS) is 28.6. The predicted octanol–water partition coefficient (Wildman–Crippen LogP) is 2.07. The van der Waals surface area contributed by atoms with Gasteiger partial charge in [-0.15, -0.1) is 0 Å². The average molecular weight is 250 g/mol. The summed E-state index contributed by atoms with van der Waals surface area (Å²) in [6, 6.07) is 6.14. The van der Waals surface area contributed by atoms with Gasteiger partial charge in [0.15, 0.2) is 11.6 Å². The van der Waals surface area contributed by atoms with Gasteiger partial charge in [0.1, 0.15) is 0 Å². The van der Waals surface area contributed by atoms with Crippen LogP contribution in [0.2, 0.25) is 0 Å². The molecule has 2 unspecified atom stereocenters. The smallest absolute Gasteiger partial charge is 0.165 e. The van der Waals surface area contributed by atoms with Gasteiger partial charge < -0.3 is 10.5 Å². The highest BCUT2D eigenvalue weighted by Crippen LogP contribution is 2.40. The molecule has 1 aliphatic carbocycles. The molecule has 1 heterocycles. The molecule has 0 amide bonds. The van der Waals surface area contributed by atoms with Gasteiger partial charge >= 0.3 is 0 Å². The first-order valence-electron chi connectivity index (χ1n) is 6.55. The van der Waals surface area contributed by atoms with E-state index in [1.165, 1.54) is 20.0 Å². The van der Waals surface area contributed by atoms with Crippen LogP contribution in [0.4, 0.5) is 4.39 Å². The van der Waals surface area contributed by atoms with Gasteiger partial charge in [-0.05, 0) is 37.0 Å². The highest BCUT2D eigenvalue weighted by atomic mass is 19.1. The summed E-state index contributed by atoms with van der Waals surface area (Å²) in [7, 11) is 1.48. The average Bonchev–Trinajstić information content (AvgIpc) is 3.13. The third-order valence-corrected chi connectivity index (χ3v) is 4.02. The summed E-state index contributed by atoms with van der Waals surface area (Å²) in [4.78, 5) is 2.44. The Kier molecular flexibility index (Phi) is 2.99. The molecule has 0 aromatic heterocycles. The van der Waals surface area contributed by atoms with Gasteiger partial charge in [-0.2, -0.15) is 0 Å². The maximum atomic E-state index is 13.8.